The van der Waals surface area contributed by atoms with Crippen molar-refractivity contribution >= 4 is 17.8 Å². The molecule has 5 rings (SSSR count). The highest BCUT2D eigenvalue weighted by atomic mass is 16.5. The van der Waals surface area contributed by atoms with E-state index in [-0.39, 0.29) is 22.9 Å². The first kappa shape index (κ1) is 20.7. The van der Waals surface area contributed by atoms with Crippen molar-refractivity contribution in [3.63, 3.8) is 0 Å². The zero-order chi connectivity index (χ0) is 21.8. The average molecular weight is 419 g/mol. The van der Waals surface area contributed by atoms with E-state index in [1.807, 2.05) is 18.2 Å². The second-order valence-electron chi connectivity index (χ2n) is 10.8. The molecule has 4 aliphatic carbocycles. The molecule has 1 aromatic rings. The summed E-state index contributed by atoms with van der Waals surface area (Å²) in [6.45, 7) is 6.19. The molecule has 1 aromatic carbocycles. The van der Waals surface area contributed by atoms with Gasteiger partial charge in [0.1, 0.15) is 6.10 Å². The van der Waals surface area contributed by atoms with Crippen molar-refractivity contribution in [2.45, 2.75) is 71.8 Å². The van der Waals surface area contributed by atoms with Gasteiger partial charge in [-0.15, -0.1) is 0 Å². The van der Waals surface area contributed by atoms with Crippen molar-refractivity contribution in [1.82, 2.24) is 0 Å². The van der Waals surface area contributed by atoms with Crippen molar-refractivity contribution < 1.29 is 14.3 Å². The van der Waals surface area contributed by atoms with Crippen LogP contribution in [-0.2, 0) is 14.3 Å². The van der Waals surface area contributed by atoms with E-state index < -0.39 is 0 Å². The zero-order valence-electron chi connectivity index (χ0n) is 19.0. The summed E-state index contributed by atoms with van der Waals surface area (Å²) in [5.74, 6) is 1.86. The number of esters is 1. The molecule has 3 fully saturated rings. The maximum Gasteiger partial charge on any atom is 0.302 e. The number of ketones is 1. The van der Waals surface area contributed by atoms with Crippen LogP contribution in [0.4, 0.5) is 0 Å². The Balaban J connectivity index is 1.42. The summed E-state index contributed by atoms with van der Waals surface area (Å²) in [6.07, 6.45) is 11.7. The number of hydrogen-bond donors (Lipinski definition) is 0. The fourth-order valence-electron chi connectivity index (χ4n) is 7.51. The van der Waals surface area contributed by atoms with Crippen LogP contribution in [0.3, 0.4) is 0 Å². The van der Waals surface area contributed by atoms with Crippen molar-refractivity contribution in [2.75, 3.05) is 0 Å². The molecule has 3 nitrogen and oxygen atoms in total. The van der Waals surface area contributed by atoms with Crippen LogP contribution in [0.25, 0.3) is 6.08 Å². The lowest BCUT2D eigenvalue weighted by Crippen LogP contribution is -2.50. The molecule has 4 aliphatic rings. The molecule has 0 radical (unpaired) electrons. The topological polar surface area (TPSA) is 43.4 Å². The van der Waals surface area contributed by atoms with Gasteiger partial charge in [-0.25, -0.2) is 0 Å². The molecule has 31 heavy (non-hydrogen) atoms. The van der Waals surface area contributed by atoms with Gasteiger partial charge in [-0.1, -0.05) is 55.8 Å². The van der Waals surface area contributed by atoms with Crippen LogP contribution in [0.2, 0.25) is 0 Å². The fourth-order valence-corrected chi connectivity index (χ4v) is 7.51. The van der Waals surface area contributed by atoms with Gasteiger partial charge < -0.3 is 4.74 Å². The van der Waals surface area contributed by atoms with Crippen molar-refractivity contribution in [3.8, 4) is 0 Å². The fraction of sp³-hybridized carbons (Fsp3) is 0.571. The van der Waals surface area contributed by atoms with E-state index in [1.54, 1.807) is 0 Å². The molecule has 164 valence electrons. The Morgan fingerprint density at radius 1 is 1.03 bits per heavy atom. The van der Waals surface area contributed by atoms with Crippen LogP contribution in [0.1, 0.15) is 71.3 Å². The molecular weight excluding hydrogens is 384 g/mol. The quantitative estimate of drug-likeness (QED) is 0.329. The van der Waals surface area contributed by atoms with Gasteiger partial charge in [0.25, 0.3) is 0 Å². The lowest BCUT2D eigenvalue weighted by Gasteiger charge is -2.56. The Morgan fingerprint density at radius 2 is 1.77 bits per heavy atom. The predicted molar refractivity (Wildman–Crippen MR) is 122 cm³/mol. The highest BCUT2D eigenvalue weighted by Gasteiger charge is 2.59. The van der Waals surface area contributed by atoms with E-state index in [9.17, 15) is 9.59 Å². The lowest BCUT2D eigenvalue weighted by molar-refractivity contribution is -0.148. The number of benzene rings is 1. The molecule has 0 amide bonds. The summed E-state index contributed by atoms with van der Waals surface area (Å²) < 4.78 is 5.56. The van der Waals surface area contributed by atoms with Gasteiger partial charge in [0.15, 0.2) is 5.78 Å². The summed E-state index contributed by atoms with van der Waals surface area (Å²) in [7, 11) is 0. The third kappa shape index (κ3) is 3.32. The number of Topliss-reactive ketones (excluding diaryl/α,β-unsaturated/α-hetero) is 1. The monoisotopic (exact) mass is 418 g/mol. The zero-order valence-corrected chi connectivity index (χ0v) is 19.0. The molecule has 3 saturated carbocycles. The Bertz CT molecular complexity index is 958. The molecule has 0 bridgehead atoms. The number of allylic oxidation sites excluding steroid dienone is 2. The van der Waals surface area contributed by atoms with Crippen LogP contribution in [0.15, 0.2) is 47.6 Å². The van der Waals surface area contributed by atoms with Crippen molar-refractivity contribution in [3.05, 3.63) is 53.1 Å². The number of rotatable bonds is 2. The molecule has 0 heterocycles. The number of carbonyl (C=O) groups is 2. The van der Waals surface area contributed by atoms with Crippen LogP contribution < -0.4 is 0 Å². The third-order valence-electron chi connectivity index (χ3n) is 9.17. The van der Waals surface area contributed by atoms with E-state index in [1.165, 1.54) is 12.5 Å². The minimum absolute atomic E-state index is 0.0377. The van der Waals surface area contributed by atoms with Crippen LogP contribution in [0, 0.1) is 28.6 Å². The Kier molecular flexibility index (Phi) is 4.99. The average Bonchev–Trinajstić information content (AvgIpc) is 2.99. The smallest absolute Gasteiger partial charge is 0.302 e. The summed E-state index contributed by atoms with van der Waals surface area (Å²) in [5.41, 5.74) is 3.64. The van der Waals surface area contributed by atoms with Crippen molar-refractivity contribution in [2.24, 2.45) is 28.6 Å². The molecule has 0 aromatic heterocycles. The molecule has 6 atom stereocenters. The maximum absolute atomic E-state index is 13.5. The molecule has 0 unspecified atom stereocenters. The van der Waals surface area contributed by atoms with Crippen LogP contribution in [-0.4, -0.2) is 17.9 Å². The maximum atomic E-state index is 13.5. The largest absolute Gasteiger partial charge is 0.462 e. The van der Waals surface area contributed by atoms with E-state index in [2.05, 4.69) is 38.1 Å². The van der Waals surface area contributed by atoms with Gasteiger partial charge in [0, 0.05) is 18.8 Å². The van der Waals surface area contributed by atoms with Gasteiger partial charge in [0.05, 0.1) is 0 Å². The van der Waals surface area contributed by atoms with E-state index >= 15 is 0 Å². The summed E-state index contributed by atoms with van der Waals surface area (Å²) >= 11 is 0. The molecule has 0 N–H and O–H groups in total. The molecule has 0 saturated heterocycles. The number of hydrogen-bond acceptors (Lipinski definition) is 3. The second-order valence-corrected chi connectivity index (χ2v) is 10.8. The summed E-state index contributed by atoms with van der Waals surface area (Å²) in [4.78, 5) is 25.0. The molecule has 3 heteroatoms. The molecule has 0 spiro atoms. The highest BCUT2D eigenvalue weighted by Crippen LogP contribution is 2.64. The van der Waals surface area contributed by atoms with Crippen LogP contribution in [0.5, 0.6) is 0 Å². The van der Waals surface area contributed by atoms with Gasteiger partial charge in [-0.2, -0.15) is 0 Å². The van der Waals surface area contributed by atoms with Crippen molar-refractivity contribution in [1.29, 1.82) is 0 Å². The summed E-state index contributed by atoms with van der Waals surface area (Å²) in [6, 6.07) is 10.3. The second kappa shape index (κ2) is 7.46. The molecular formula is C28H34O3. The Hall–Kier alpha value is -2.16. The first-order valence-corrected chi connectivity index (χ1v) is 12.0. The lowest BCUT2D eigenvalue weighted by atomic mass is 9.48. The molecule has 0 aliphatic heterocycles. The first-order valence-electron chi connectivity index (χ1n) is 12.0. The minimum atomic E-state index is -0.210. The SMILES string of the molecule is CC(=O)O[C@@H]1CC[C@@]2(C)C(=CC[C@H]3[C@@H]2CC[C@]2(C)C(=O)/C(=C/c4ccccc4)C[C@@H]32)C1. The minimum Gasteiger partial charge on any atom is -0.462 e. The summed E-state index contributed by atoms with van der Waals surface area (Å²) in [5, 5.41) is 0. The highest BCUT2D eigenvalue weighted by molar-refractivity contribution is 6.05. The normalized spacial score (nSPS) is 40.5. The van der Waals surface area contributed by atoms with Gasteiger partial charge in [-0.05, 0) is 78.9 Å². The van der Waals surface area contributed by atoms with E-state index in [0.29, 0.717) is 23.5 Å². The van der Waals surface area contributed by atoms with Gasteiger partial charge >= 0.3 is 5.97 Å². The third-order valence-corrected chi connectivity index (χ3v) is 9.17. The Labute approximate surface area is 185 Å². The van der Waals surface area contributed by atoms with Gasteiger partial charge in [-0.3, -0.25) is 9.59 Å². The van der Waals surface area contributed by atoms with Crippen LogP contribution >= 0.6 is 0 Å². The van der Waals surface area contributed by atoms with E-state index in [0.717, 1.165) is 56.1 Å². The standard InChI is InChI=1S/C28H34O3/c1-18(29)31-22-11-13-27(2)21(17-22)9-10-23-24(27)12-14-28(3)25(23)16-20(26(28)30)15-19-7-5-4-6-8-19/h4-9,15,22-25H,10-14,16-17H2,1-3H3/b20-15+/t22-,23+,24+,25+,27+,28+/m1/s1. The first-order chi connectivity index (χ1) is 14.8. The predicted octanol–water partition coefficient (Wildman–Crippen LogP) is 6.14. The van der Waals surface area contributed by atoms with Gasteiger partial charge in [0.2, 0.25) is 0 Å². The number of ether oxygens (including phenoxy) is 1. The number of carbonyl (C=O) groups excluding carboxylic acids is 2. The van der Waals surface area contributed by atoms with E-state index in [4.69, 9.17) is 4.74 Å². The Morgan fingerprint density at radius 3 is 2.52 bits per heavy atom. The number of fused-ring (bicyclic) bond motifs is 5.